The minimum Gasteiger partial charge on any atom is -0.351 e. The summed E-state index contributed by atoms with van der Waals surface area (Å²) in [5.74, 6) is -0.587. The second kappa shape index (κ2) is 11.2. The number of carbonyl (C=O) groups is 1. The minimum atomic E-state index is -3.96. The van der Waals surface area contributed by atoms with Gasteiger partial charge in [-0.15, -0.1) is 0 Å². The summed E-state index contributed by atoms with van der Waals surface area (Å²) in [6.45, 7) is 4.47. The zero-order valence-electron chi connectivity index (χ0n) is 16.9. The maximum atomic E-state index is 13.2. The lowest BCUT2D eigenvalue weighted by molar-refractivity contribution is -0.116. The van der Waals surface area contributed by atoms with Crippen molar-refractivity contribution in [3.05, 3.63) is 69.6 Å². The average molecular weight is 434 g/mol. The van der Waals surface area contributed by atoms with E-state index in [1.807, 2.05) is 6.92 Å². The monoisotopic (exact) mass is 433 g/mol. The molecule has 0 spiro atoms. The second-order valence-corrected chi connectivity index (χ2v) is 9.40. The largest absolute Gasteiger partial charge is 0.351 e. The number of sulfone groups is 1. The Balaban J connectivity index is 2.27. The Morgan fingerprint density at radius 1 is 0.966 bits per heavy atom. The molecule has 0 aliphatic rings. The van der Waals surface area contributed by atoms with E-state index in [1.54, 1.807) is 36.4 Å². The Morgan fingerprint density at radius 3 is 2.21 bits per heavy atom. The van der Waals surface area contributed by atoms with E-state index in [0.717, 1.165) is 37.7 Å². The fourth-order valence-electron chi connectivity index (χ4n) is 2.84. The summed E-state index contributed by atoms with van der Waals surface area (Å²) in [5, 5.41) is 3.31. The van der Waals surface area contributed by atoms with Crippen LogP contribution in [0.15, 0.2) is 58.3 Å². The Hall–Kier alpha value is -2.11. The van der Waals surface area contributed by atoms with Gasteiger partial charge in [0.05, 0.1) is 4.90 Å². The highest BCUT2D eigenvalue weighted by atomic mass is 35.5. The highest BCUT2D eigenvalue weighted by Gasteiger charge is 2.27. The molecule has 0 aliphatic carbocycles. The number of benzene rings is 2. The Labute approximate surface area is 178 Å². The van der Waals surface area contributed by atoms with E-state index in [9.17, 15) is 13.2 Å². The summed E-state index contributed by atoms with van der Waals surface area (Å²) in [5.41, 5.74) is 1.54. The van der Waals surface area contributed by atoms with Crippen molar-refractivity contribution in [2.45, 2.75) is 50.8 Å². The number of halogens is 1. The maximum Gasteiger partial charge on any atom is 0.263 e. The van der Waals surface area contributed by atoms with E-state index in [2.05, 4.69) is 12.2 Å². The van der Waals surface area contributed by atoms with Crippen LogP contribution in [-0.4, -0.2) is 20.9 Å². The van der Waals surface area contributed by atoms with Gasteiger partial charge in [0.15, 0.2) is 0 Å². The van der Waals surface area contributed by atoms with Gasteiger partial charge >= 0.3 is 0 Å². The molecule has 0 heterocycles. The number of hydrogen-bond donors (Lipinski definition) is 1. The molecule has 0 saturated carbocycles. The van der Waals surface area contributed by atoms with Gasteiger partial charge < -0.3 is 5.32 Å². The van der Waals surface area contributed by atoms with Gasteiger partial charge in [-0.05, 0) is 49.2 Å². The van der Waals surface area contributed by atoms with Crippen LogP contribution < -0.4 is 5.32 Å². The van der Waals surface area contributed by atoms with Gasteiger partial charge in [-0.1, -0.05) is 74.0 Å². The molecule has 0 bridgehead atoms. The lowest BCUT2D eigenvalue weighted by Crippen LogP contribution is -2.29. The number of amides is 1. The van der Waals surface area contributed by atoms with Crippen LogP contribution in [0.5, 0.6) is 0 Å². The Bertz CT molecular complexity index is 933. The van der Waals surface area contributed by atoms with E-state index in [4.69, 9.17) is 11.6 Å². The van der Waals surface area contributed by atoms with Gasteiger partial charge in [0, 0.05) is 11.6 Å². The van der Waals surface area contributed by atoms with Crippen molar-refractivity contribution in [3.8, 4) is 0 Å². The van der Waals surface area contributed by atoms with Crippen molar-refractivity contribution in [1.82, 2.24) is 5.32 Å². The first-order valence-electron chi connectivity index (χ1n) is 9.92. The summed E-state index contributed by atoms with van der Waals surface area (Å²) >= 11 is 5.91. The summed E-state index contributed by atoms with van der Waals surface area (Å²) in [7, 11) is -3.96. The van der Waals surface area contributed by atoms with Gasteiger partial charge in [0.2, 0.25) is 9.84 Å². The molecule has 2 aromatic carbocycles. The molecule has 1 N–H and O–H groups in total. The molecule has 0 aromatic heterocycles. The lowest BCUT2D eigenvalue weighted by Gasteiger charge is -2.11. The van der Waals surface area contributed by atoms with Crippen LogP contribution in [0, 0.1) is 6.92 Å². The van der Waals surface area contributed by atoms with Crippen LogP contribution in [0.2, 0.25) is 5.02 Å². The van der Waals surface area contributed by atoms with Crippen molar-refractivity contribution in [1.29, 1.82) is 0 Å². The van der Waals surface area contributed by atoms with Crippen molar-refractivity contribution in [3.63, 3.8) is 0 Å². The number of unbranched alkanes of at least 4 members (excludes halogenated alkanes) is 4. The van der Waals surface area contributed by atoms with Crippen molar-refractivity contribution in [2.24, 2.45) is 0 Å². The lowest BCUT2D eigenvalue weighted by atomic mass is 10.1. The van der Waals surface area contributed by atoms with Crippen LogP contribution in [0.4, 0.5) is 0 Å². The van der Waals surface area contributed by atoms with Gasteiger partial charge in [0.25, 0.3) is 5.91 Å². The summed E-state index contributed by atoms with van der Waals surface area (Å²) in [6.07, 6.45) is 6.66. The molecule has 4 nitrogen and oxygen atoms in total. The van der Waals surface area contributed by atoms with E-state index in [-0.39, 0.29) is 9.80 Å². The zero-order chi connectivity index (χ0) is 21.3. The van der Waals surface area contributed by atoms with Crippen LogP contribution >= 0.6 is 11.6 Å². The second-order valence-electron chi connectivity index (χ2n) is 7.05. The maximum absolute atomic E-state index is 13.2. The molecule has 0 aliphatic heterocycles. The zero-order valence-corrected chi connectivity index (χ0v) is 18.5. The average Bonchev–Trinajstić information content (AvgIpc) is 2.70. The highest BCUT2D eigenvalue weighted by molar-refractivity contribution is 7.96. The number of nitrogens with one attached hydrogen (secondary N) is 1. The van der Waals surface area contributed by atoms with Crippen LogP contribution in [-0.2, 0) is 14.6 Å². The van der Waals surface area contributed by atoms with Gasteiger partial charge in [-0.2, -0.15) is 0 Å². The normalized spacial score (nSPS) is 12.0. The van der Waals surface area contributed by atoms with Crippen molar-refractivity contribution < 1.29 is 13.2 Å². The third kappa shape index (κ3) is 7.02. The number of aryl methyl sites for hydroxylation is 1. The van der Waals surface area contributed by atoms with Crippen LogP contribution in [0.1, 0.15) is 50.2 Å². The molecular formula is C23H28ClNO3S. The van der Waals surface area contributed by atoms with E-state index >= 15 is 0 Å². The van der Waals surface area contributed by atoms with Gasteiger partial charge in [-0.3, -0.25) is 4.79 Å². The molecule has 0 fully saturated rings. The fraction of sp³-hybridized carbons (Fsp3) is 0.348. The number of rotatable bonds is 10. The van der Waals surface area contributed by atoms with Gasteiger partial charge in [-0.25, -0.2) is 8.42 Å². The summed E-state index contributed by atoms with van der Waals surface area (Å²) in [4.78, 5) is 12.6. The Morgan fingerprint density at radius 2 is 1.59 bits per heavy atom. The first-order valence-corrected chi connectivity index (χ1v) is 11.8. The summed E-state index contributed by atoms with van der Waals surface area (Å²) in [6, 6.07) is 13.2. The Kier molecular flexibility index (Phi) is 8.93. The molecular weight excluding hydrogens is 406 g/mol. The molecule has 2 rings (SSSR count). The topological polar surface area (TPSA) is 63.2 Å². The predicted molar refractivity (Wildman–Crippen MR) is 120 cm³/mol. The molecule has 0 unspecified atom stereocenters. The molecule has 6 heteroatoms. The molecule has 0 radical (unpaired) electrons. The quantitative estimate of drug-likeness (QED) is 0.394. The van der Waals surface area contributed by atoms with Crippen molar-refractivity contribution in [2.75, 3.05) is 6.54 Å². The predicted octanol–water partition coefficient (Wildman–Crippen LogP) is 5.55. The smallest absolute Gasteiger partial charge is 0.263 e. The molecule has 1 amide bonds. The summed E-state index contributed by atoms with van der Waals surface area (Å²) < 4.78 is 26.4. The van der Waals surface area contributed by atoms with Gasteiger partial charge in [0.1, 0.15) is 4.91 Å². The first-order chi connectivity index (χ1) is 13.8. The number of carbonyl (C=O) groups excluding carboxylic acids is 1. The molecule has 0 saturated heterocycles. The highest BCUT2D eigenvalue weighted by Crippen LogP contribution is 2.23. The molecule has 2 aromatic rings. The molecule has 156 valence electrons. The first kappa shape index (κ1) is 23.2. The number of hydrogen-bond acceptors (Lipinski definition) is 3. The SMILES string of the molecule is CCCCCCCNC(=O)/C(=C\c1ccc(Cl)cc1)S(=O)(=O)c1ccc(C)cc1. The van der Waals surface area contributed by atoms with E-state index in [1.165, 1.54) is 18.2 Å². The van der Waals surface area contributed by atoms with E-state index < -0.39 is 15.7 Å². The third-order valence-corrected chi connectivity index (χ3v) is 6.61. The van der Waals surface area contributed by atoms with Crippen LogP contribution in [0.25, 0.3) is 6.08 Å². The molecule has 29 heavy (non-hydrogen) atoms. The molecule has 0 atom stereocenters. The third-order valence-electron chi connectivity index (χ3n) is 4.58. The minimum absolute atomic E-state index is 0.0985. The standard InChI is InChI=1S/C23H28ClNO3S/c1-3-4-5-6-7-16-25-23(26)22(17-19-10-12-20(24)13-11-19)29(27,28)21-14-8-18(2)9-15-21/h8-15,17H,3-7,16H2,1-2H3,(H,25,26)/b22-17+. The fourth-order valence-corrected chi connectivity index (χ4v) is 4.32. The van der Waals surface area contributed by atoms with Crippen molar-refractivity contribution >= 4 is 33.4 Å². The van der Waals surface area contributed by atoms with E-state index in [0.29, 0.717) is 17.1 Å². The van der Waals surface area contributed by atoms with Crippen LogP contribution in [0.3, 0.4) is 0 Å².